The van der Waals surface area contributed by atoms with E-state index in [4.69, 9.17) is 0 Å². The van der Waals surface area contributed by atoms with Crippen LogP contribution < -0.4 is 0 Å². The molecule has 2 fully saturated rings. The second-order valence-electron chi connectivity index (χ2n) is 7.85. The second kappa shape index (κ2) is 6.13. The third-order valence-corrected chi connectivity index (χ3v) is 6.41. The monoisotopic (exact) mass is 342 g/mol. The van der Waals surface area contributed by atoms with Crippen molar-refractivity contribution >= 4 is 11.8 Å². The summed E-state index contributed by atoms with van der Waals surface area (Å²) in [5.41, 5.74) is 1.12. The van der Waals surface area contributed by atoms with Crippen molar-refractivity contribution in [3.63, 3.8) is 0 Å². The summed E-state index contributed by atoms with van der Waals surface area (Å²) in [6, 6.07) is 7.11. The fraction of sp³-hybridized carbons (Fsp3) is 0.600. The molecule has 3 aliphatic rings. The van der Waals surface area contributed by atoms with Crippen molar-refractivity contribution in [3.05, 3.63) is 35.4 Å². The Labute approximate surface area is 148 Å². The number of aliphatic hydroxyl groups is 1. The Morgan fingerprint density at radius 3 is 2.88 bits per heavy atom. The lowest BCUT2D eigenvalue weighted by Crippen LogP contribution is -2.57. The minimum absolute atomic E-state index is 0.00813. The van der Waals surface area contributed by atoms with Crippen LogP contribution in [0.5, 0.6) is 0 Å². The lowest BCUT2D eigenvalue weighted by molar-refractivity contribution is -0.147. The van der Waals surface area contributed by atoms with E-state index in [1.54, 1.807) is 4.90 Å². The Kier molecular flexibility index (Phi) is 4.07. The minimum Gasteiger partial charge on any atom is -0.389 e. The van der Waals surface area contributed by atoms with Gasteiger partial charge in [-0.15, -0.1) is 0 Å². The molecule has 1 aromatic rings. The lowest BCUT2D eigenvalue weighted by atomic mass is 9.71. The van der Waals surface area contributed by atoms with Gasteiger partial charge in [0.1, 0.15) is 6.04 Å². The first-order valence-corrected chi connectivity index (χ1v) is 9.40. The molecule has 2 aliphatic heterocycles. The molecule has 1 aliphatic carbocycles. The number of likely N-dealkylation sites (tertiary alicyclic amines) is 1. The Balaban J connectivity index is 1.46. The quantitative estimate of drug-likeness (QED) is 0.896. The second-order valence-corrected chi connectivity index (χ2v) is 7.85. The van der Waals surface area contributed by atoms with Crippen molar-refractivity contribution in [2.75, 3.05) is 13.1 Å². The Morgan fingerprint density at radius 2 is 2.08 bits per heavy atom. The zero-order valence-corrected chi connectivity index (χ0v) is 14.8. The van der Waals surface area contributed by atoms with Gasteiger partial charge in [-0.05, 0) is 37.8 Å². The van der Waals surface area contributed by atoms with E-state index in [9.17, 15) is 14.7 Å². The molecule has 4 rings (SSSR count). The molecule has 1 aromatic carbocycles. The topological polar surface area (TPSA) is 60.9 Å². The highest BCUT2D eigenvalue weighted by Gasteiger charge is 2.45. The average Bonchev–Trinajstić information content (AvgIpc) is 2.97. The van der Waals surface area contributed by atoms with Gasteiger partial charge in [-0.3, -0.25) is 9.59 Å². The number of fused-ring (bicyclic) bond motifs is 2. The van der Waals surface area contributed by atoms with Crippen LogP contribution in [-0.2, 0) is 11.3 Å². The van der Waals surface area contributed by atoms with Crippen LogP contribution in [0.1, 0.15) is 54.9 Å². The summed E-state index contributed by atoms with van der Waals surface area (Å²) < 4.78 is 0. The highest BCUT2D eigenvalue weighted by Crippen LogP contribution is 2.40. The van der Waals surface area contributed by atoms with Gasteiger partial charge in [-0.1, -0.05) is 31.0 Å². The zero-order chi connectivity index (χ0) is 17.6. The van der Waals surface area contributed by atoms with Gasteiger partial charge in [-0.25, -0.2) is 0 Å². The maximum atomic E-state index is 13.0. The largest absolute Gasteiger partial charge is 0.389 e. The fourth-order valence-electron chi connectivity index (χ4n) is 4.76. The van der Waals surface area contributed by atoms with Crippen LogP contribution in [0.3, 0.4) is 0 Å². The van der Waals surface area contributed by atoms with Gasteiger partial charge in [0.15, 0.2) is 0 Å². The third kappa shape index (κ3) is 2.74. The number of carbonyl (C=O) groups excluding carboxylic acids is 2. The molecule has 5 nitrogen and oxygen atoms in total. The molecule has 3 atom stereocenters. The van der Waals surface area contributed by atoms with Crippen LogP contribution >= 0.6 is 0 Å². The van der Waals surface area contributed by atoms with E-state index < -0.39 is 11.6 Å². The Hall–Kier alpha value is -1.88. The van der Waals surface area contributed by atoms with Gasteiger partial charge in [0.2, 0.25) is 5.91 Å². The van der Waals surface area contributed by atoms with E-state index in [1.165, 1.54) is 0 Å². The van der Waals surface area contributed by atoms with Crippen LogP contribution in [-0.4, -0.2) is 51.5 Å². The molecule has 1 saturated heterocycles. The number of hydrogen-bond donors (Lipinski definition) is 1. The molecule has 0 bridgehead atoms. The van der Waals surface area contributed by atoms with E-state index in [2.05, 4.69) is 0 Å². The smallest absolute Gasteiger partial charge is 0.255 e. The summed E-state index contributed by atoms with van der Waals surface area (Å²) in [6.45, 7) is 3.54. The van der Waals surface area contributed by atoms with Crippen LogP contribution in [0.2, 0.25) is 0 Å². The minimum atomic E-state index is -0.585. The maximum absolute atomic E-state index is 13.0. The first-order valence-electron chi connectivity index (χ1n) is 9.40. The Morgan fingerprint density at radius 1 is 1.28 bits per heavy atom. The van der Waals surface area contributed by atoms with E-state index in [0.717, 1.165) is 31.2 Å². The normalized spacial score (nSPS) is 30.0. The average molecular weight is 342 g/mol. The van der Waals surface area contributed by atoms with Gasteiger partial charge in [0.05, 0.1) is 5.60 Å². The predicted octanol–water partition coefficient (Wildman–Crippen LogP) is 2.18. The van der Waals surface area contributed by atoms with Crippen molar-refractivity contribution < 1.29 is 14.7 Å². The van der Waals surface area contributed by atoms with Crippen molar-refractivity contribution in [2.24, 2.45) is 5.92 Å². The van der Waals surface area contributed by atoms with E-state index in [0.29, 0.717) is 31.6 Å². The molecule has 1 saturated carbocycles. The number of amides is 2. The van der Waals surface area contributed by atoms with Crippen molar-refractivity contribution in [3.8, 4) is 0 Å². The number of benzene rings is 1. The molecule has 0 unspecified atom stereocenters. The summed E-state index contributed by atoms with van der Waals surface area (Å²) in [5.74, 6) is 0.133. The summed E-state index contributed by atoms with van der Waals surface area (Å²) in [6.07, 6.45) is 4.71. The predicted molar refractivity (Wildman–Crippen MR) is 93.9 cm³/mol. The fourth-order valence-corrected chi connectivity index (χ4v) is 4.76. The van der Waals surface area contributed by atoms with E-state index >= 15 is 0 Å². The van der Waals surface area contributed by atoms with Crippen molar-refractivity contribution in [1.29, 1.82) is 0 Å². The molecular weight excluding hydrogens is 316 g/mol. The van der Waals surface area contributed by atoms with Gasteiger partial charge in [-0.2, -0.15) is 0 Å². The summed E-state index contributed by atoms with van der Waals surface area (Å²) in [4.78, 5) is 29.2. The van der Waals surface area contributed by atoms with E-state index in [1.807, 2.05) is 36.1 Å². The third-order valence-electron chi connectivity index (χ3n) is 6.41. The van der Waals surface area contributed by atoms with Gasteiger partial charge in [0, 0.05) is 31.1 Å². The molecule has 5 heteroatoms. The Bertz CT molecular complexity index is 704. The van der Waals surface area contributed by atoms with Crippen LogP contribution in [0.15, 0.2) is 24.3 Å². The molecule has 0 aromatic heterocycles. The summed E-state index contributed by atoms with van der Waals surface area (Å²) in [7, 11) is 0. The van der Waals surface area contributed by atoms with E-state index in [-0.39, 0.29) is 17.7 Å². The summed E-state index contributed by atoms with van der Waals surface area (Å²) in [5, 5.41) is 10.8. The maximum Gasteiger partial charge on any atom is 0.255 e. The molecule has 0 spiro atoms. The standard InChI is InChI=1S/C20H26N2O3/c1-14(22-12-15-6-2-3-8-17(15)19(22)24)18(23)21-11-10-20(25)9-5-4-7-16(20)13-21/h2-3,6,8,14,16,25H,4-5,7,9-13H2,1H3/t14-,16+,20-/m0/s1. The number of rotatable bonds is 2. The number of carbonyl (C=O) groups is 2. The molecule has 2 heterocycles. The van der Waals surface area contributed by atoms with Crippen LogP contribution in [0.25, 0.3) is 0 Å². The van der Waals surface area contributed by atoms with Crippen LogP contribution in [0, 0.1) is 5.92 Å². The molecule has 1 N–H and O–H groups in total. The highest BCUT2D eigenvalue weighted by molar-refractivity contribution is 6.01. The molecule has 2 amide bonds. The molecule has 134 valence electrons. The van der Waals surface area contributed by atoms with Gasteiger partial charge >= 0.3 is 0 Å². The van der Waals surface area contributed by atoms with Crippen molar-refractivity contribution in [1.82, 2.24) is 9.80 Å². The molecular formula is C20H26N2O3. The number of hydrogen-bond acceptors (Lipinski definition) is 3. The lowest BCUT2D eigenvalue weighted by Gasteiger charge is -2.48. The van der Waals surface area contributed by atoms with Gasteiger partial charge in [0.25, 0.3) is 5.91 Å². The number of nitrogens with zero attached hydrogens (tertiary/aromatic N) is 2. The highest BCUT2D eigenvalue weighted by atomic mass is 16.3. The zero-order valence-electron chi connectivity index (χ0n) is 14.8. The van der Waals surface area contributed by atoms with Crippen LogP contribution in [0.4, 0.5) is 0 Å². The van der Waals surface area contributed by atoms with Gasteiger partial charge < -0.3 is 14.9 Å². The number of piperidine rings is 1. The summed E-state index contributed by atoms with van der Waals surface area (Å²) >= 11 is 0. The SMILES string of the molecule is C[C@@H](C(=O)N1CC[C@@]2(O)CCCC[C@@H]2C1)N1Cc2ccccc2C1=O. The van der Waals surface area contributed by atoms with Crippen molar-refractivity contribution in [2.45, 2.75) is 57.2 Å². The molecule has 0 radical (unpaired) electrons. The molecule has 25 heavy (non-hydrogen) atoms. The first-order chi connectivity index (χ1) is 12.0. The first kappa shape index (κ1) is 16.6.